The van der Waals surface area contributed by atoms with E-state index in [4.69, 9.17) is 0 Å². The zero-order valence-electron chi connectivity index (χ0n) is 15.2. The lowest BCUT2D eigenvalue weighted by molar-refractivity contribution is -0.132. The van der Waals surface area contributed by atoms with Gasteiger partial charge in [-0.1, -0.05) is 6.92 Å². The molecule has 1 saturated heterocycles. The number of halogens is 2. The maximum Gasteiger partial charge on any atom is 0.235 e. The van der Waals surface area contributed by atoms with Crippen LogP contribution in [0.4, 0.5) is 10.1 Å². The number of rotatable bonds is 8. The van der Waals surface area contributed by atoms with E-state index in [-0.39, 0.29) is 47.1 Å². The van der Waals surface area contributed by atoms with Crippen LogP contribution in [0.3, 0.4) is 0 Å². The standard InChI is InChI=1S/C18H26FN3O2S.ClH/c1-3-10-22(16-8-9-20-11-16)18(24)13(2)25-12-17(23)21-15-6-4-14(19)5-7-15;/h4-7,13,16,20H,3,8-12H2,1-2H3,(H,21,23);1H. The minimum atomic E-state index is -0.344. The molecule has 1 fully saturated rings. The maximum atomic E-state index is 12.9. The van der Waals surface area contributed by atoms with Crippen molar-refractivity contribution in [1.82, 2.24) is 10.2 Å². The summed E-state index contributed by atoms with van der Waals surface area (Å²) >= 11 is 1.33. The largest absolute Gasteiger partial charge is 0.337 e. The van der Waals surface area contributed by atoms with Gasteiger partial charge < -0.3 is 15.5 Å². The van der Waals surface area contributed by atoms with Gasteiger partial charge in [0, 0.05) is 24.8 Å². The highest BCUT2D eigenvalue weighted by molar-refractivity contribution is 8.01. The minimum Gasteiger partial charge on any atom is -0.337 e. The van der Waals surface area contributed by atoms with Crippen molar-refractivity contribution in [2.75, 3.05) is 30.7 Å². The summed E-state index contributed by atoms with van der Waals surface area (Å²) in [5, 5.41) is 5.73. The molecule has 5 nitrogen and oxygen atoms in total. The highest BCUT2D eigenvalue weighted by Gasteiger charge is 2.29. The van der Waals surface area contributed by atoms with Crippen molar-refractivity contribution < 1.29 is 14.0 Å². The van der Waals surface area contributed by atoms with Crippen LogP contribution in [0.5, 0.6) is 0 Å². The van der Waals surface area contributed by atoms with Crippen molar-refractivity contribution in [1.29, 1.82) is 0 Å². The third kappa shape index (κ3) is 6.78. The number of anilines is 1. The average Bonchev–Trinajstić information content (AvgIpc) is 3.13. The van der Waals surface area contributed by atoms with Crippen LogP contribution < -0.4 is 10.6 Å². The Bertz CT molecular complexity index is 582. The molecule has 1 aliphatic rings. The maximum absolute atomic E-state index is 12.9. The molecule has 0 saturated carbocycles. The molecular weight excluding hydrogens is 377 g/mol. The van der Waals surface area contributed by atoms with E-state index in [1.54, 1.807) is 0 Å². The van der Waals surface area contributed by atoms with Crippen LogP contribution in [0.1, 0.15) is 26.7 Å². The fourth-order valence-electron chi connectivity index (χ4n) is 2.85. The minimum absolute atomic E-state index is 0. The highest BCUT2D eigenvalue weighted by atomic mass is 35.5. The first-order chi connectivity index (χ1) is 12.0. The van der Waals surface area contributed by atoms with Gasteiger partial charge in [-0.15, -0.1) is 24.2 Å². The van der Waals surface area contributed by atoms with Crippen molar-refractivity contribution in [3.8, 4) is 0 Å². The molecule has 2 unspecified atom stereocenters. The molecule has 2 N–H and O–H groups in total. The van der Waals surface area contributed by atoms with Crippen molar-refractivity contribution in [3.63, 3.8) is 0 Å². The summed E-state index contributed by atoms with van der Waals surface area (Å²) in [4.78, 5) is 26.7. The molecule has 0 bridgehead atoms. The number of carbonyl (C=O) groups excluding carboxylic acids is 2. The van der Waals surface area contributed by atoms with Crippen LogP contribution in [0.15, 0.2) is 24.3 Å². The van der Waals surface area contributed by atoms with Crippen molar-refractivity contribution in [3.05, 3.63) is 30.1 Å². The summed E-state index contributed by atoms with van der Waals surface area (Å²) in [6.45, 7) is 6.45. The molecular formula is C18H27ClFN3O2S. The van der Waals surface area contributed by atoms with Gasteiger partial charge in [-0.25, -0.2) is 4.39 Å². The number of hydrogen-bond donors (Lipinski definition) is 2. The van der Waals surface area contributed by atoms with E-state index in [2.05, 4.69) is 17.6 Å². The number of nitrogens with one attached hydrogen (secondary N) is 2. The first-order valence-electron chi connectivity index (χ1n) is 8.69. The Morgan fingerprint density at radius 3 is 2.65 bits per heavy atom. The Balaban J connectivity index is 0.00000338. The fourth-order valence-corrected chi connectivity index (χ4v) is 3.61. The van der Waals surface area contributed by atoms with Crippen LogP contribution in [-0.2, 0) is 9.59 Å². The molecule has 0 spiro atoms. The monoisotopic (exact) mass is 403 g/mol. The fraction of sp³-hybridized carbons (Fsp3) is 0.556. The van der Waals surface area contributed by atoms with E-state index in [1.165, 1.54) is 36.0 Å². The lowest BCUT2D eigenvalue weighted by Crippen LogP contribution is -2.45. The quantitative estimate of drug-likeness (QED) is 0.700. The van der Waals surface area contributed by atoms with Gasteiger partial charge in [0.25, 0.3) is 0 Å². The SMILES string of the molecule is CCCN(C(=O)C(C)SCC(=O)Nc1ccc(F)cc1)C1CCNC1.Cl. The molecule has 0 radical (unpaired) electrons. The van der Waals surface area contributed by atoms with Crippen molar-refractivity contribution in [2.45, 2.75) is 38.0 Å². The van der Waals surface area contributed by atoms with Crippen LogP contribution in [0.25, 0.3) is 0 Å². The van der Waals surface area contributed by atoms with Gasteiger partial charge in [-0.2, -0.15) is 0 Å². The number of nitrogens with zero attached hydrogens (tertiary/aromatic N) is 1. The van der Waals surface area contributed by atoms with Gasteiger partial charge >= 0.3 is 0 Å². The first kappa shape index (κ1) is 22.7. The molecule has 0 aliphatic carbocycles. The predicted octanol–water partition coefficient (Wildman–Crippen LogP) is 2.91. The predicted molar refractivity (Wildman–Crippen MR) is 107 cm³/mol. The summed E-state index contributed by atoms with van der Waals surface area (Å²) in [7, 11) is 0. The Hall–Kier alpha value is -1.31. The van der Waals surface area contributed by atoms with Crippen LogP contribution >= 0.6 is 24.2 Å². The van der Waals surface area contributed by atoms with E-state index in [1.807, 2.05) is 11.8 Å². The second kappa shape index (κ2) is 11.4. The van der Waals surface area contributed by atoms with Crippen LogP contribution in [-0.4, -0.2) is 53.4 Å². The number of benzene rings is 1. The third-order valence-corrected chi connectivity index (χ3v) is 5.29. The molecule has 1 aromatic rings. The van der Waals surface area contributed by atoms with E-state index < -0.39 is 0 Å². The molecule has 2 amide bonds. The Labute approximate surface area is 164 Å². The summed E-state index contributed by atoms with van der Waals surface area (Å²) < 4.78 is 12.9. The summed E-state index contributed by atoms with van der Waals surface area (Å²) in [6.07, 6.45) is 1.90. The van der Waals surface area contributed by atoms with Crippen LogP contribution in [0.2, 0.25) is 0 Å². The lowest BCUT2D eigenvalue weighted by Gasteiger charge is -2.30. The molecule has 2 rings (SSSR count). The van der Waals surface area contributed by atoms with Gasteiger partial charge in [0.1, 0.15) is 5.82 Å². The van der Waals surface area contributed by atoms with E-state index in [9.17, 15) is 14.0 Å². The molecule has 1 aliphatic heterocycles. The second-order valence-electron chi connectivity index (χ2n) is 6.19. The normalized spacial score (nSPS) is 17.3. The number of thioether (sulfide) groups is 1. The molecule has 2 atom stereocenters. The Morgan fingerprint density at radius 2 is 2.08 bits per heavy atom. The smallest absolute Gasteiger partial charge is 0.235 e. The average molecular weight is 404 g/mol. The van der Waals surface area contributed by atoms with E-state index in [0.717, 1.165) is 32.5 Å². The van der Waals surface area contributed by atoms with E-state index in [0.29, 0.717) is 5.69 Å². The van der Waals surface area contributed by atoms with E-state index >= 15 is 0 Å². The molecule has 0 aromatic heterocycles. The molecule has 8 heteroatoms. The topological polar surface area (TPSA) is 61.4 Å². The molecule has 26 heavy (non-hydrogen) atoms. The number of hydrogen-bond acceptors (Lipinski definition) is 4. The summed E-state index contributed by atoms with van der Waals surface area (Å²) in [5.41, 5.74) is 0.551. The zero-order valence-corrected chi connectivity index (χ0v) is 16.8. The Kier molecular flexibility index (Phi) is 9.98. The molecule has 146 valence electrons. The number of amides is 2. The summed E-state index contributed by atoms with van der Waals surface area (Å²) in [6, 6.07) is 5.88. The number of carbonyl (C=O) groups is 2. The zero-order chi connectivity index (χ0) is 18.2. The van der Waals surface area contributed by atoms with Gasteiger partial charge in [-0.3, -0.25) is 9.59 Å². The third-order valence-electron chi connectivity index (χ3n) is 4.16. The Morgan fingerprint density at radius 1 is 1.38 bits per heavy atom. The molecule has 1 heterocycles. The highest BCUT2D eigenvalue weighted by Crippen LogP contribution is 2.18. The van der Waals surface area contributed by atoms with Crippen molar-refractivity contribution in [2.24, 2.45) is 0 Å². The van der Waals surface area contributed by atoms with Gasteiger partial charge in [-0.05, 0) is 50.6 Å². The van der Waals surface area contributed by atoms with Crippen LogP contribution in [0, 0.1) is 5.82 Å². The summed E-state index contributed by atoms with van der Waals surface area (Å²) in [5.74, 6) is -0.257. The van der Waals surface area contributed by atoms with Gasteiger partial charge in [0.05, 0.1) is 11.0 Å². The van der Waals surface area contributed by atoms with Crippen molar-refractivity contribution >= 4 is 41.7 Å². The first-order valence-corrected chi connectivity index (χ1v) is 9.74. The molecule has 1 aromatic carbocycles. The van der Waals surface area contributed by atoms with Gasteiger partial charge in [0.15, 0.2) is 0 Å². The lowest BCUT2D eigenvalue weighted by atomic mass is 10.2. The van der Waals surface area contributed by atoms with Gasteiger partial charge in [0.2, 0.25) is 11.8 Å². The second-order valence-corrected chi connectivity index (χ2v) is 7.52.